The lowest BCUT2D eigenvalue weighted by Gasteiger charge is -2.09. The van der Waals surface area contributed by atoms with Gasteiger partial charge in [0.25, 0.3) is 0 Å². The molecule has 13 heavy (non-hydrogen) atoms. The summed E-state index contributed by atoms with van der Waals surface area (Å²) in [6.07, 6.45) is 0. The fraction of sp³-hybridized carbons (Fsp3) is 0.143. The second-order valence-electron chi connectivity index (χ2n) is 2.18. The fourth-order valence-electron chi connectivity index (χ4n) is 0.768. The van der Waals surface area contributed by atoms with E-state index >= 15 is 0 Å². The van der Waals surface area contributed by atoms with Crippen molar-refractivity contribution in [2.24, 2.45) is 0 Å². The minimum Gasteiger partial charge on any atom is -0.121 e. The minimum absolute atomic E-state index is 0.133. The zero-order valence-corrected chi connectivity index (χ0v) is 10.5. The van der Waals surface area contributed by atoms with Gasteiger partial charge in [0.05, 0.1) is 31.0 Å². The molecule has 0 amide bonds. The number of hydrogen-bond donors (Lipinski definition) is 0. The zero-order valence-electron chi connectivity index (χ0n) is 5.97. The van der Waals surface area contributed by atoms with Gasteiger partial charge in [-0.15, -0.1) is 11.6 Å². The summed E-state index contributed by atoms with van der Waals surface area (Å²) in [5, 5.41) is 0.987. The van der Waals surface area contributed by atoms with E-state index < -0.39 is 0 Å². The number of rotatable bonds is 1. The Morgan fingerprint density at radius 1 is 0.615 bits per heavy atom. The average Bonchev–Trinajstić information content (AvgIpc) is 2.13. The normalized spacial score (nSPS) is 10.6. The highest BCUT2D eigenvalue weighted by atomic mass is 35.5. The second-order valence-corrected chi connectivity index (χ2v) is 4.34. The highest BCUT2D eigenvalue weighted by Crippen LogP contribution is 2.44. The summed E-state index contributed by atoms with van der Waals surface area (Å²) >= 11 is 34.6. The maximum atomic E-state index is 5.83. The predicted molar refractivity (Wildman–Crippen MR) is 61.0 cm³/mol. The molecule has 72 valence electrons. The summed E-state index contributed by atoms with van der Waals surface area (Å²) in [5.41, 5.74) is 0.490. The third-order valence-electron chi connectivity index (χ3n) is 1.43. The fourth-order valence-corrected chi connectivity index (χ4v) is 2.48. The van der Waals surface area contributed by atoms with Gasteiger partial charge in [-0.3, -0.25) is 0 Å². The smallest absolute Gasteiger partial charge is 0.0809 e. The van der Waals surface area contributed by atoms with E-state index in [4.69, 9.17) is 69.6 Å². The largest absolute Gasteiger partial charge is 0.121 e. The molecule has 0 atom stereocenters. The quantitative estimate of drug-likeness (QED) is 0.355. The summed E-state index contributed by atoms with van der Waals surface area (Å²) < 4.78 is 0. The third-order valence-corrected chi connectivity index (χ3v) is 4.06. The molecule has 6 heteroatoms. The van der Waals surface area contributed by atoms with E-state index in [1.165, 1.54) is 0 Å². The van der Waals surface area contributed by atoms with Crippen LogP contribution in [0.25, 0.3) is 0 Å². The van der Waals surface area contributed by atoms with Crippen molar-refractivity contribution in [3.8, 4) is 0 Å². The first-order valence-electron chi connectivity index (χ1n) is 3.07. The Balaban J connectivity index is 3.56. The van der Waals surface area contributed by atoms with E-state index in [9.17, 15) is 0 Å². The maximum Gasteiger partial charge on any atom is 0.0809 e. The molecule has 0 aliphatic carbocycles. The standard InChI is InChI=1S/C7H2Cl6/c8-1-2-3(9)5(11)7(13)6(12)4(2)10/h1H2. The molecule has 1 aromatic rings. The molecule has 0 nitrogen and oxygen atoms in total. The van der Waals surface area contributed by atoms with Gasteiger partial charge in [-0.2, -0.15) is 0 Å². The minimum atomic E-state index is 0.133. The number of hydrogen-bond acceptors (Lipinski definition) is 0. The molecule has 0 radical (unpaired) electrons. The summed E-state index contributed by atoms with van der Waals surface area (Å²) in [4.78, 5) is 0. The van der Waals surface area contributed by atoms with Crippen molar-refractivity contribution in [3.05, 3.63) is 30.7 Å². The molecule has 1 aromatic carbocycles. The van der Waals surface area contributed by atoms with Crippen LogP contribution in [0, 0.1) is 0 Å². The van der Waals surface area contributed by atoms with Crippen LogP contribution in [0.2, 0.25) is 25.1 Å². The van der Waals surface area contributed by atoms with E-state index in [0.717, 1.165) is 0 Å². The lowest BCUT2D eigenvalue weighted by molar-refractivity contribution is 1.40. The monoisotopic (exact) mass is 296 g/mol. The predicted octanol–water partition coefficient (Wildman–Crippen LogP) is 5.69. The lowest BCUT2D eigenvalue weighted by atomic mass is 10.2. The topological polar surface area (TPSA) is 0 Å². The van der Waals surface area contributed by atoms with E-state index in [-0.39, 0.29) is 31.0 Å². The lowest BCUT2D eigenvalue weighted by Crippen LogP contribution is -1.87. The Bertz CT molecular complexity index is 316. The summed E-state index contributed by atoms with van der Waals surface area (Å²) in [5.74, 6) is 0.133. The first-order valence-corrected chi connectivity index (χ1v) is 5.49. The Morgan fingerprint density at radius 3 is 1.23 bits per heavy atom. The molecule has 0 bridgehead atoms. The molecule has 0 saturated carbocycles. The van der Waals surface area contributed by atoms with Crippen molar-refractivity contribution < 1.29 is 0 Å². The highest BCUT2D eigenvalue weighted by Gasteiger charge is 2.17. The third kappa shape index (κ3) is 2.14. The molecule has 0 aliphatic rings. The van der Waals surface area contributed by atoms with Crippen molar-refractivity contribution in [2.75, 3.05) is 0 Å². The molecule has 0 heterocycles. The Labute approximate surface area is 106 Å². The van der Waals surface area contributed by atoms with Gasteiger partial charge in [-0.05, 0) is 0 Å². The van der Waals surface area contributed by atoms with Gasteiger partial charge in [-0.1, -0.05) is 58.0 Å². The highest BCUT2D eigenvalue weighted by molar-refractivity contribution is 6.55. The van der Waals surface area contributed by atoms with Crippen molar-refractivity contribution >= 4 is 69.6 Å². The van der Waals surface area contributed by atoms with Crippen LogP contribution >= 0.6 is 69.6 Å². The molecular formula is C7H2Cl6. The number of alkyl halides is 1. The molecule has 0 aromatic heterocycles. The molecule has 0 spiro atoms. The van der Waals surface area contributed by atoms with Crippen LogP contribution in [0.1, 0.15) is 5.56 Å². The molecule has 0 fully saturated rings. The van der Waals surface area contributed by atoms with Crippen LogP contribution in [0.4, 0.5) is 0 Å². The SMILES string of the molecule is ClCc1c(Cl)c(Cl)c(Cl)c(Cl)c1Cl. The van der Waals surface area contributed by atoms with Gasteiger partial charge < -0.3 is 0 Å². The van der Waals surface area contributed by atoms with E-state index in [0.29, 0.717) is 5.56 Å². The maximum absolute atomic E-state index is 5.83. The van der Waals surface area contributed by atoms with E-state index in [2.05, 4.69) is 0 Å². The van der Waals surface area contributed by atoms with Crippen LogP contribution in [0.3, 0.4) is 0 Å². The van der Waals surface area contributed by atoms with Crippen LogP contribution < -0.4 is 0 Å². The number of benzene rings is 1. The zero-order chi connectivity index (χ0) is 10.2. The Morgan fingerprint density at radius 2 is 0.923 bits per heavy atom. The van der Waals surface area contributed by atoms with Gasteiger partial charge in [-0.25, -0.2) is 0 Å². The van der Waals surface area contributed by atoms with Gasteiger partial charge >= 0.3 is 0 Å². The summed E-state index contributed by atoms with van der Waals surface area (Å²) in [6, 6.07) is 0. The Hall–Kier alpha value is 0.960. The van der Waals surface area contributed by atoms with Crippen LogP contribution in [-0.2, 0) is 5.88 Å². The van der Waals surface area contributed by atoms with Gasteiger partial charge in [0.15, 0.2) is 0 Å². The van der Waals surface area contributed by atoms with E-state index in [1.807, 2.05) is 0 Å². The summed E-state index contributed by atoms with van der Waals surface area (Å²) in [7, 11) is 0. The Kier molecular flexibility index (Phi) is 4.31. The van der Waals surface area contributed by atoms with Crippen molar-refractivity contribution in [3.63, 3.8) is 0 Å². The molecule has 0 saturated heterocycles. The number of halogens is 6. The van der Waals surface area contributed by atoms with Gasteiger partial charge in [0.1, 0.15) is 0 Å². The first-order chi connectivity index (χ1) is 6.00. The second kappa shape index (κ2) is 4.65. The average molecular weight is 299 g/mol. The van der Waals surface area contributed by atoms with Crippen molar-refractivity contribution in [2.45, 2.75) is 5.88 Å². The van der Waals surface area contributed by atoms with Crippen molar-refractivity contribution in [1.29, 1.82) is 0 Å². The van der Waals surface area contributed by atoms with Crippen LogP contribution in [0.5, 0.6) is 0 Å². The van der Waals surface area contributed by atoms with Gasteiger partial charge in [0.2, 0.25) is 0 Å². The van der Waals surface area contributed by atoms with Crippen molar-refractivity contribution in [1.82, 2.24) is 0 Å². The first kappa shape index (κ1) is 12.0. The molecular weight excluding hydrogens is 297 g/mol. The van der Waals surface area contributed by atoms with Gasteiger partial charge in [0, 0.05) is 5.56 Å². The van der Waals surface area contributed by atoms with Crippen LogP contribution in [0.15, 0.2) is 0 Å². The van der Waals surface area contributed by atoms with E-state index in [1.54, 1.807) is 0 Å². The molecule has 0 N–H and O–H groups in total. The van der Waals surface area contributed by atoms with Crippen LogP contribution in [-0.4, -0.2) is 0 Å². The molecule has 0 unspecified atom stereocenters. The molecule has 1 rings (SSSR count). The molecule has 0 aliphatic heterocycles. The summed E-state index contributed by atoms with van der Waals surface area (Å²) in [6.45, 7) is 0.